The van der Waals surface area contributed by atoms with Crippen molar-refractivity contribution in [2.24, 2.45) is 17.2 Å². The Hall–Kier alpha value is -2.81. The second-order valence-corrected chi connectivity index (χ2v) is 6.63. The maximum atomic E-state index is 11.1. The van der Waals surface area contributed by atoms with E-state index in [0.717, 1.165) is 11.1 Å². The topological polar surface area (TPSA) is 156 Å². The highest BCUT2D eigenvalue weighted by Gasteiger charge is 2.17. The van der Waals surface area contributed by atoms with Gasteiger partial charge in [-0.2, -0.15) is 0 Å². The van der Waals surface area contributed by atoms with Gasteiger partial charge >= 0.3 is 0 Å². The zero-order valence-electron chi connectivity index (χ0n) is 16.5. The summed E-state index contributed by atoms with van der Waals surface area (Å²) in [6.07, 6.45) is 0.957. The first kappa shape index (κ1) is 26.2. The molecule has 8 nitrogen and oxygen atoms in total. The number of carbonyl (C=O) groups is 2. The van der Waals surface area contributed by atoms with E-state index in [1.54, 1.807) is 53.4 Å². The van der Waals surface area contributed by atoms with Gasteiger partial charge in [-0.15, -0.1) is 12.4 Å². The first-order valence-electron chi connectivity index (χ1n) is 8.66. The Morgan fingerprint density at radius 1 is 0.828 bits per heavy atom. The van der Waals surface area contributed by atoms with Crippen LogP contribution in [0.1, 0.15) is 11.1 Å². The fraction of sp³-hybridized carbons (Fsp3) is 0.300. The van der Waals surface area contributed by atoms with E-state index in [4.69, 9.17) is 27.4 Å². The summed E-state index contributed by atoms with van der Waals surface area (Å²) in [5.74, 6) is -0.447. The highest BCUT2D eigenvalue weighted by Crippen LogP contribution is 2.12. The van der Waals surface area contributed by atoms with Gasteiger partial charge in [-0.3, -0.25) is 14.5 Å². The lowest BCUT2D eigenvalue weighted by molar-refractivity contribution is -0.122. The Bertz CT molecular complexity index is 767. The third-order valence-corrected chi connectivity index (χ3v) is 4.07. The number of nitrogens with zero attached hydrogens (tertiary/aromatic N) is 1. The highest BCUT2D eigenvalue weighted by molar-refractivity contribution is 5.85. The molecule has 0 aromatic heterocycles. The lowest BCUT2D eigenvalue weighted by atomic mass is 10.0. The lowest BCUT2D eigenvalue weighted by Gasteiger charge is -2.20. The second-order valence-electron chi connectivity index (χ2n) is 6.63. The van der Waals surface area contributed by atoms with Crippen LogP contribution in [0, 0.1) is 0 Å². The number of phenols is 2. The average molecular weight is 425 g/mol. The molecule has 0 aliphatic carbocycles. The van der Waals surface area contributed by atoms with Crippen LogP contribution in [0.3, 0.4) is 0 Å². The van der Waals surface area contributed by atoms with Crippen LogP contribution in [0.5, 0.6) is 11.5 Å². The van der Waals surface area contributed by atoms with E-state index < -0.39 is 11.9 Å². The largest absolute Gasteiger partial charge is 0.508 e. The van der Waals surface area contributed by atoms with Crippen molar-refractivity contribution in [2.75, 3.05) is 14.1 Å². The van der Waals surface area contributed by atoms with Crippen molar-refractivity contribution in [1.29, 1.82) is 0 Å². The van der Waals surface area contributed by atoms with Gasteiger partial charge in [0.15, 0.2) is 0 Å². The quantitative estimate of drug-likeness (QED) is 0.436. The molecule has 0 heterocycles. The molecule has 2 aromatic rings. The molecule has 29 heavy (non-hydrogen) atoms. The maximum absolute atomic E-state index is 11.1. The number of amides is 2. The second kappa shape index (κ2) is 12.6. The van der Waals surface area contributed by atoms with Gasteiger partial charge in [-0.1, -0.05) is 24.3 Å². The molecule has 2 aromatic carbocycles. The van der Waals surface area contributed by atoms with Crippen molar-refractivity contribution >= 4 is 24.2 Å². The van der Waals surface area contributed by atoms with Gasteiger partial charge in [0.05, 0.1) is 12.1 Å². The lowest BCUT2D eigenvalue weighted by Crippen LogP contribution is -2.41. The van der Waals surface area contributed by atoms with Crippen LogP contribution >= 0.6 is 12.4 Å². The summed E-state index contributed by atoms with van der Waals surface area (Å²) in [6.45, 7) is 0. The molecule has 0 radical (unpaired) electrons. The SMILES string of the molecule is CN(C)[C@@H](Cc1ccc(O)cc1)C(N)=O.Cl.NC(=O)[C@@H](N)Cc1ccc(O)cc1. The predicted molar refractivity (Wildman–Crippen MR) is 115 cm³/mol. The van der Waals surface area contributed by atoms with Crippen molar-refractivity contribution in [2.45, 2.75) is 24.9 Å². The summed E-state index contributed by atoms with van der Waals surface area (Å²) in [5, 5.41) is 18.1. The van der Waals surface area contributed by atoms with Crippen LogP contribution in [-0.4, -0.2) is 53.1 Å². The fourth-order valence-electron chi connectivity index (χ4n) is 2.38. The average Bonchev–Trinajstić information content (AvgIpc) is 2.63. The molecule has 0 saturated carbocycles. The number of phenolic OH excluding ortho intramolecular Hbond substituents is 2. The van der Waals surface area contributed by atoms with E-state index in [-0.39, 0.29) is 35.9 Å². The van der Waals surface area contributed by atoms with Crippen LogP contribution in [0.25, 0.3) is 0 Å². The zero-order chi connectivity index (χ0) is 21.3. The molecule has 8 N–H and O–H groups in total. The molecular weight excluding hydrogens is 396 g/mol. The minimum atomic E-state index is -0.662. The molecule has 160 valence electrons. The van der Waals surface area contributed by atoms with Crippen molar-refractivity contribution in [3.05, 3.63) is 59.7 Å². The number of carbonyl (C=O) groups excluding carboxylic acids is 2. The van der Waals surface area contributed by atoms with Gasteiger partial charge in [0.1, 0.15) is 11.5 Å². The number of likely N-dealkylation sites (N-methyl/N-ethyl adjacent to an activating group) is 1. The van der Waals surface area contributed by atoms with Gasteiger partial charge in [-0.25, -0.2) is 0 Å². The van der Waals surface area contributed by atoms with E-state index >= 15 is 0 Å². The molecule has 9 heteroatoms. The van der Waals surface area contributed by atoms with Gasteiger partial charge in [0.2, 0.25) is 11.8 Å². The van der Waals surface area contributed by atoms with Gasteiger partial charge in [0.25, 0.3) is 0 Å². The third kappa shape index (κ3) is 9.79. The minimum absolute atomic E-state index is 0. The number of hydrogen-bond donors (Lipinski definition) is 5. The summed E-state index contributed by atoms with van der Waals surface area (Å²) in [5.41, 5.74) is 17.6. The molecule has 0 spiro atoms. The molecule has 0 aliphatic heterocycles. The number of rotatable bonds is 7. The smallest absolute Gasteiger partial charge is 0.235 e. The number of benzene rings is 2. The summed E-state index contributed by atoms with van der Waals surface area (Å²) < 4.78 is 0. The number of aromatic hydroxyl groups is 2. The van der Waals surface area contributed by atoms with Crippen LogP contribution in [-0.2, 0) is 22.4 Å². The number of hydrogen-bond acceptors (Lipinski definition) is 6. The fourth-order valence-corrected chi connectivity index (χ4v) is 2.38. The minimum Gasteiger partial charge on any atom is -0.508 e. The Balaban J connectivity index is 0.000000527. The predicted octanol–water partition coefficient (Wildman–Crippen LogP) is 0.519. The number of nitrogens with two attached hydrogens (primary N) is 3. The Kier molecular flexibility index (Phi) is 11.4. The molecule has 0 saturated heterocycles. The van der Waals surface area contributed by atoms with E-state index in [1.807, 2.05) is 14.1 Å². The van der Waals surface area contributed by atoms with Crippen LogP contribution < -0.4 is 17.2 Å². The van der Waals surface area contributed by atoms with Gasteiger partial charge < -0.3 is 27.4 Å². The first-order chi connectivity index (χ1) is 13.1. The first-order valence-corrected chi connectivity index (χ1v) is 8.66. The molecular formula is C20H29ClN4O4. The molecule has 0 bridgehead atoms. The summed E-state index contributed by atoms with van der Waals surface area (Å²) >= 11 is 0. The zero-order valence-corrected chi connectivity index (χ0v) is 17.3. The number of halogens is 1. The van der Waals surface area contributed by atoms with Crippen molar-refractivity contribution in [1.82, 2.24) is 4.90 Å². The number of primary amides is 2. The van der Waals surface area contributed by atoms with E-state index in [1.165, 1.54) is 0 Å². The molecule has 0 fully saturated rings. The van der Waals surface area contributed by atoms with Gasteiger partial charge in [0, 0.05) is 0 Å². The van der Waals surface area contributed by atoms with Crippen molar-refractivity contribution in [3.63, 3.8) is 0 Å². The van der Waals surface area contributed by atoms with E-state index in [9.17, 15) is 9.59 Å². The summed E-state index contributed by atoms with van der Waals surface area (Å²) in [4.78, 5) is 23.5. The molecule has 0 unspecified atom stereocenters. The third-order valence-electron chi connectivity index (χ3n) is 4.07. The van der Waals surface area contributed by atoms with Crippen molar-refractivity contribution in [3.8, 4) is 11.5 Å². The van der Waals surface area contributed by atoms with Crippen molar-refractivity contribution < 1.29 is 19.8 Å². The van der Waals surface area contributed by atoms with Crippen LogP contribution in [0.4, 0.5) is 0 Å². The Labute approximate surface area is 176 Å². The normalized spacial score (nSPS) is 12.1. The molecule has 2 atom stereocenters. The molecule has 2 amide bonds. The standard InChI is InChI=1S/C11H16N2O2.C9H12N2O2.ClH/c1-13(2)10(11(12)15)7-8-3-5-9(14)6-4-8;10-8(9(11)13)5-6-1-3-7(12)4-2-6;/h3-6,10,14H,7H2,1-2H3,(H2,12,15);1-4,8,12H,5,10H2,(H2,11,13);1H/t10-;8-;/m00./s1. The van der Waals surface area contributed by atoms with E-state index in [0.29, 0.717) is 12.8 Å². The van der Waals surface area contributed by atoms with Crippen LogP contribution in [0.15, 0.2) is 48.5 Å². The summed E-state index contributed by atoms with van der Waals surface area (Å²) in [7, 11) is 3.63. The Morgan fingerprint density at radius 2 is 1.21 bits per heavy atom. The summed E-state index contributed by atoms with van der Waals surface area (Å²) in [6, 6.07) is 12.3. The van der Waals surface area contributed by atoms with Gasteiger partial charge in [-0.05, 0) is 62.3 Å². The monoisotopic (exact) mass is 424 g/mol. The molecule has 2 rings (SSSR count). The Morgan fingerprint density at radius 3 is 1.52 bits per heavy atom. The van der Waals surface area contributed by atoms with Crippen LogP contribution in [0.2, 0.25) is 0 Å². The molecule has 0 aliphatic rings. The highest BCUT2D eigenvalue weighted by atomic mass is 35.5. The van der Waals surface area contributed by atoms with E-state index in [2.05, 4.69) is 0 Å². The maximum Gasteiger partial charge on any atom is 0.235 e.